The predicted molar refractivity (Wildman–Crippen MR) is 53.0 cm³/mol. The van der Waals surface area contributed by atoms with Crippen molar-refractivity contribution in [1.29, 1.82) is 0 Å². The molecule has 0 radical (unpaired) electrons. The zero-order chi connectivity index (χ0) is 10.2. The molecule has 0 aliphatic rings. The summed E-state index contributed by atoms with van der Waals surface area (Å²) in [5.41, 5.74) is 0.0347. The van der Waals surface area contributed by atoms with E-state index in [2.05, 4.69) is 6.92 Å². The summed E-state index contributed by atoms with van der Waals surface area (Å²) in [6, 6.07) is 0. The molecule has 0 N–H and O–H groups in total. The minimum Gasteiger partial charge on any atom is -0.384 e. The van der Waals surface area contributed by atoms with E-state index < -0.39 is 0 Å². The minimum absolute atomic E-state index is 0.0347. The third kappa shape index (κ3) is 4.60. The Bertz CT molecular complexity index is 85.2. The number of rotatable bonds is 8. The third-order valence-electron chi connectivity index (χ3n) is 2.13. The Morgan fingerprint density at radius 2 is 1.23 bits per heavy atom. The summed E-state index contributed by atoms with van der Waals surface area (Å²) in [6.45, 7) is 4.25. The van der Waals surface area contributed by atoms with Gasteiger partial charge in [0.1, 0.15) is 0 Å². The summed E-state index contributed by atoms with van der Waals surface area (Å²) < 4.78 is 15.6. The quantitative estimate of drug-likeness (QED) is 0.583. The molecule has 0 unspecified atom stereocenters. The van der Waals surface area contributed by atoms with Gasteiger partial charge in [0.15, 0.2) is 0 Å². The highest BCUT2D eigenvalue weighted by molar-refractivity contribution is 4.78. The van der Waals surface area contributed by atoms with Crippen molar-refractivity contribution in [2.75, 3.05) is 41.2 Å². The van der Waals surface area contributed by atoms with E-state index >= 15 is 0 Å². The lowest BCUT2D eigenvalue weighted by atomic mass is 9.86. The molecule has 0 aromatic rings. The first-order chi connectivity index (χ1) is 6.24. The van der Waals surface area contributed by atoms with Gasteiger partial charge in [-0.15, -0.1) is 0 Å². The van der Waals surface area contributed by atoms with Crippen molar-refractivity contribution in [3.63, 3.8) is 0 Å². The summed E-state index contributed by atoms with van der Waals surface area (Å²) >= 11 is 0. The molecule has 0 spiro atoms. The van der Waals surface area contributed by atoms with E-state index in [1.165, 1.54) is 0 Å². The van der Waals surface area contributed by atoms with Gasteiger partial charge < -0.3 is 14.2 Å². The molecule has 0 fully saturated rings. The maximum Gasteiger partial charge on any atom is 0.0562 e. The summed E-state index contributed by atoms with van der Waals surface area (Å²) in [4.78, 5) is 0. The van der Waals surface area contributed by atoms with Crippen LogP contribution in [0.15, 0.2) is 0 Å². The first-order valence-corrected chi connectivity index (χ1v) is 4.71. The first-order valence-electron chi connectivity index (χ1n) is 4.71. The second-order valence-electron chi connectivity index (χ2n) is 3.55. The van der Waals surface area contributed by atoms with Crippen LogP contribution in [0.25, 0.3) is 0 Å². The molecule has 0 rings (SSSR count). The molecule has 0 saturated heterocycles. The fourth-order valence-electron chi connectivity index (χ4n) is 1.79. The SMILES string of the molecule is CCCC(COC)(COC)COC. The van der Waals surface area contributed by atoms with Crippen molar-refractivity contribution < 1.29 is 14.2 Å². The van der Waals surface area contributed by atoms with Gasteiger partial charge in [-0.25, -0.2) is 0 Å². The molecule has 0 aliphatic heterocycles. The van der Waals surface area contributed by atoms with Gasteiger partial charge >= 0.3 is 0 Å². The lowest BCUT2D eigenvalue weighted by molar-refractivity contribution is -0.0434. The van der Waals surface area contributed by atoms with Crippen molar-refractivity contribution in [3.05, 3.63) is 0 Å². The van der Waals surface area contributed by atoms with E-state index in [4.69, 9.17) is 14.2 Å². The van der Waals surface area contributed by atoms with Crippen LogP contribution in [0.2, 0.25) is 0 Å². The molecule has 0 heterocycles. The summed E-state index contributed by atoms with van der Waals surface area (Å²) in [5.74, 6) is 0. The smallest absolute Gasteiger partial charge is 0.0562 e. The van der Waals surface area contributed by atoms with Gasteiger partial charge in [0.2, 0.25) is 0 Å². The Balaban J connectivity index is 4.19. The van der Waals surface area contributed by atoms with E-state index in [-0.39, 0.29) is 5.41 Å². The average molecular weight is 190 g/mol. The van der Waals surface area contributed by atoms with Gasteiger partial charge in [0.05, 0.1) is 19.8 Å². The Hall–Kier alpha value is -0.120. The molecular formula is C10H22O3. The first kappa shape index (κ1) is 12.9. The van der Waals surface area contributed by atoms with Crippen molar-refractivity contribution in [3.8, 4) is 0 Å². The molecule has 0 bridgehead atoms. The molecule has 0 atom stereocenters. The highest BCUT2D eigenvalue weighted by atomic mass is 16.5. The second-order valence-corrected chi connectivity index (χ2v) is 3.55. The Kier molecular flexibility index (Phi) is 7.23. The Morgan fingerprint density at radius 3 is 1.46 bits per heavy atom. The molecule has 0 amide bonds. The van der Waals surface area contributed by atoms with Crippen LogP contribution in [0, 0.1) is 5.41 Å². The maximum absolute atomic E-state index is 5.20. The lowest BCUT2D eigenvalue weighted by Crippen LogP contribution is -2.36. The molecule has 0 saturated carbocycles. The summed E-state index contributed by atoms with van der Waals surface area (Å²) in [7, 11) is 5.15. The molecule has 0 aromatic carbocycles. The zero-order valence-corrected chi connectivity index (χ0v) is 9.26. The van der Waals surface area contributed by atoms with Crippen molar-refractivity contribution in [2.24, 2.45) is 5.41 Å². The van der Waals surface area contributed by atoms with E-state index in [1.54, 1.807) is 21.3 Å². The monoisotopic (exact) mass is 190 g/mol. The second kappa shape index (κ2) is 7.30. The topological polar surface area (TPSA) is 27.7 Å². The third-order valence-corrected chi connectivity index (χ3v) is 2.13. The fraction of sp³-hybridized carbons (Fsp3) is 1.00. The van der Waals surface area contributed by atoms with E-state index in [9.17, 15) is 0 Å². The molecule has 0 aromatic heterocycles. The molecule has 3 nitrogen and oxygen atoms in total. The molecule has 3 heteroatoms. The molecule has 0 aliphatic carbocycles. The van der Waals surface area contributed by atoms with Gasteiger partial charge in [-0.3, -0.25) is 0 Å². The lowest BCUT2D eigenvalue weighted by Gasteiger charge is -2.31. The van der Waals surface area contributed by atoms with Crippen LogP contribution in [0.4, 0.5) is 0 Å². The van der Waals surface area contributed by atoms with E-state index in [1.807, 2.05) is 0 Å². The fourth-order valence-corrected chi connectivity index (χ4v) is 1.79. The predicted octanol–water partition coefficient (Wildman–Crippen LogP) is 1.71. The molecular weight excluding hydrogens is 168 g/mol. The van der Waals surface area contributed by atoms with Crippen LogP contribution >= 0.6 is 0 Å². The summed E-state index contributed by atoms with van der Waals surface area (Å²) in [5, 5.41) is 0. The van der Waals surface area contributed by atoms with Gasteiger partial charge in [-0.05, 0) is 6.42 Å². The average Bonchev–Trinajstić information content (AvgIpc) is 2.06. The summed E-state index contributed by atoms with van der Waals surface area (Å²) in [6.07, 6.45) is 2.19. The van der Waals surface area contributed by atoms with E-state index in [0.717, 1.165) is 12.8 Å². The normalized spacial score (nSPS) is 12.0. The number of hydrogen-bond donors (Lipinski definition) is 0. The van der Waals surface area contributed by atoms with Crippen molar-refractivity contribution in [2.45, 2.75) is 19.8 Å². The number of hydrogen-bond acceptors (Lipinski definition) is 3. The highest BCUT2D eigenvalue weighted by Gasteiger charge is 2.29. The maximum atomic E-state index is 5.20. The van der Waals surface area contributed by atoms with E-state index in [0.29, 0.717) is 19.8 Å². The number of methoxy groups -OCH3 is 3. The van der Waals surface area contributed by atoms with Crippen LogP contribution in [-0.4, -0.2) is 41.2 Å². The van der Waals surface area contributed by atoms with Gasteiger partial charge in [0.25, 0.3) is 0 Å². The Labute approximate surface area is 81.4 Å². The number of ether oxygens (including phenoxy) is 3. The van der Waals surface area contributed by atoms with Crippen molar-refractivity contribution >= 4 is 0 Å². The van der Waals surface area contributed by atoms with Gasteiger partial charge in [-0.1, -0.05) is 13.3 Å². The minimum atomic E-state index is 0.0347. The van der Waals surface area contributed by atoms with Crippen LogP contribution in [0.1, 0.15) is 19.8 Å². The standard InChI is InChI=1S/C10H22O3/c1-5-6-10(7-11-2,8-12-3)9-13-4/h5-9H2,1-4H3. The largest absolute Gasteiger partial charge is 0.384 e. The zero-order valence-electron chi connectivity index (χ0n) is 9.26. The van der Waals surface area contributed by atoms with Crippen LogP contribution < -0.4 is 0 Å². The van der Waals surface area contributed by atoms with Crippen molar-refractivity contribution in [1.82, 2.24) is 0 Å². The van der Waals surface area contributed by atoms with Crippen LogP contribution in [0.5, 0.6) is 0 Å². The molecule has 13 heavy (non-hydrogen) atoms. The molecule has 80 valence electrons. The van der Waals surface area contributed by atoms with Crippen LogP contribution in [-0.2, 0) is 14.2 Å². The highest BCUT2D eigenvalue weighted by Crippen LogP contribution is 2.25. The van der Waals surface area contributed by atoms with Crippen LogP contribution in [0.3, 0.4) is 0 Å². The van der Waals surface area contributed by atoms with Gasteiger partial charge in [0, 0.05) is 26.7 Å². The van der Waals surface area contributed by atoms with Gasteiger partial charge in [-0.2, -0.15) is 0 Å². The Morgan fingerprint density at radius 1 is 0.846 bits per heavy atom.